The lowest BCUT2D eigenvalue weighted by Crippen LogP contribution is -2.04. The summed E-state index contributed by atoms with van der Waals surface area (Å²) in [6.45, 7) is 1.80. The van der Waals surface area contributed by atoms with Gasteiger partial charge >= 0.3 is 7.47 Å². The summed E-state index contributed by atoms with van der Waals surface area (Å²) >= 11 is 0. The topological polar surface area (TPSA) is 35.0 Å². The van der Waals surface area contributed by atoms with Gasteiger partial charge in [-0.2, -0.15) is 0 Å². The molecule has 0 amide bonds. The number of aryl methyl sites for hydroxylation is 1. The summed E-state index contributed by atoms with van der Waals surface area (Å²) in [5.74, 6) is 0.0637. The molecule has 1 aromatic heterocycles. The highest BCUT2D eigenvalue weighted by Gasteiger charge is 2.20. The first kappa shape index (κ1) is 13.2. The Bertz CT molecular complexity index is 559. The largest absolute Gasteiger partial charge is 0.796 e. The molecule has 0 aliphatic heterocycles. The standard InChI is InChI=1S/C13H11BF2N2O/c1-10-8-18-12(9-17-10)7-13(19-14(15)16)11-5-3-2-4-6-11/h2-9H,1H3/b13-7-. The van der Waals surface area contributed by atoms with E-state index < -0.39 is 7.47 Å². The number of benzene rings is 1. The van der Waals surface area contributed by atoms with Crippen LogP contribution in [0.2, 0.25) is 0 Å². The Morgan fingerprint density at radius 1 is 1.16 bits per heavy atom. The molecule has 0 N–H and O–H groups in total. The average Bonchev–Trinajstić information content (AvgIpc) is 2.41. The molecule has 0 spiro atoms. The van der Waals surface area contributed by atoms with Gasteiger partial charge in [0, 0.05) is 17.8 Å². The highest BCUT2D eigenvalue weighted by molar-refractivity contribution is 6.36. The van der Waals surface area contributed by atoms with Gasteiger partial charge in [0.05, 0.1) is 17.6 Å². The van der Waals surface area contributed by atoms with Crippen LogP contribution < -0.4 is 0 Å². The lowest BCUT2D eigenvalue weighted by Gasteiger charge is -2.08. The SMILES string of the molecule is Cc1cnc(/C=C(\OB(F)F)c2ccccc2)cn1. The molecule has 0 atom stereocenters. The van der Waals surface area contributed by atoms with E-state index in [4.69, 9.17) is 0 Å². The second kappa shape index (κ2) is 6.09. The van der Waals surface area contributed by atoms with E-state index in [1.807, 2.05) is 0 Å². The quantitative estimate of drug-likeness (QED) is 0.625. The van der Waals surface area contributed by atoms with Gasteiger partial charge < -0.3 is 4.65 Å². The van der Waals surface area contributed by atoms with Crippen LogP contribution in [0, 0.1) is 6.92 Å². The maximum absolute atomic E-state index is 12.4. The molecule has 0 radical (unpaired) electrons. The predicted molar refractivity (Wildman–Crippen MR) is 70.1 cm³/mol. The fourth-order valence-corrected chi connectivity index (χ4v) is 1.50. The van der Waals surface area contributed by atoms with E-state index in [0.29, 0.717) is 11.3 Å². The van der Waals surface area contributed by atoms with E-state index in [0.717, 1.165) is 5.69 Å². The minimum atomic E-state index is -2.88. The van der Waals surface area contributed by atoms with E-state index in [-0.39, 0.29) is 5.76 Å². The fraction of sp³-hybridized carbons (Fsp3) is 0.0769. The molecule has 1 heterocycles. The van der Waals surface area contributed by atoms with Crippen LogP contribution in [-0.4, -0.2) is 17.4 Å². The van der Waals surface area contributed by atoms with Gasteiger partial charge in [0.25, 0.3) is 0 Å². The molecule has 2 rings (SSSR count). The van der Waals surface area contributed by atoms with Gasteiger partial charge in [0.15, 0.2) is 0 Å². The molecule has 0 saturated carbocycles. The van der Waals surface area contributed by atoms with Crippen molar-refractivity contribution < 1.29 is 13.3 Å². The van der Waals surface area contributed by atoms with Crippen LogP contribution in [-0.2, 0) is 4.65 Å². The third-order valence-corrected chi connectivity index (χ3v) is 2.35. The number of rotatable bonds is 4. The molecule has 0 bridgehead atoms. The predicted octanol–water partition coefficient (Wildman–Crippen LogP) is 3.22. The van der Waals surface area contributed by atoms with E-state index >= 15 is 0 Å². The highest BCUT2D eigenvalue weighted by Crippen LogP contribution is 2.20. The molecule has 1 aromatic carbocycles. The summed E-state index contributed by atoms with van der Waals surface area (Å²) in [6.07, 6.45) is 4.51. The maximum Gasteiger partial charge on any atom is 0.796 e. The monoisotopic (exact) mass is 260 g/mol. The normalized spacial score (nSPS) is 11.2. The molecule has 0 unspecified atom stereocenters. The van der Waals surface area contributed by atoms with Crippen LogP contribution in [0.1, 0.15) is 17.0 Å². The molecule has 6 heteroatoms. The number of halogens is 2. The summed E-state index contributed by atoms with van der Waals surface area (Å²) in [7, 11) is -2.88. The third kappa shape index (κ3) is 3.87. The molecule has 0 saturated heterocycles. The first-order chi connectivity index (χ1) is 9.15. The smallest absolute Gasteiger partial charge is 0.505 e. The van der Waals surface area contributed by atoms with Crippen LogP contribution in [0.15, 0.2) is 42.7 Å². The second-order valence-corrected chi connectivity index (χ2v) is 3.84. The first-order valence-electron chi connectivity index (χ1n) is 5.66. The molecular weight excluding hydrogens is 249 g/mol. The van der Waals surface area contributed by atoms with Crippen molar-refractivity contribution in [2.45, 2.75) is 6.92 Å². The number of aromatic nitrogens is 2. The summed E-state index contributed by atoms with van der Waals surface area (Å²) in [6, 6.07) is 8.68. The minimum absolute atomic E-state index is 0.0637. The van der Waals surface area contributed by atoms with Crippen molar-refractivity contribution in [3.8, 4) is 0 Å². The van der Waals surface area contributed by atoms with Gasteiger partial charge in [-0.3, -0.25) is 9.97 Å². The Balaban J connectivity index is 2.35. The molecule has 3 nitrogen and oxygen atoms in total. The lowest BCUT2D eigenvalue weighted by atomic mass is 10.1. The zero-order chi connectivity index (χ0) is 13.7. The summed E-state index contributed by atoms with van der Waals surface area (Å²) in [5.41, 5.74) is 1.78. The van der Waals surface area contributed by atoms with Crippen LogP contribution in [0.25, 0.3) is 11.8 Å². The van der Waals surface area contributed by atoms with Gasteiger partial charge in [0.1, 0.15) is 5.76 Å². The second-order valence-electron chi connectivity index (χ2n) is 3.84. The summed E-state index contributed by atoms with van der Waals surface area (Å²) < 4.78 is 29.4. The van der Waals surface area contributed by atoms with Crippen LogP contribution >= 0.6 is 0 Å². The maximum atomic E-state index is 12.4. The number of hydrogen-bond donors (Lipinski definition) is 0. The minimum Gasteiger partial charge on any atom is -0.505 e. The molecule has 96 valence electrons. The Morgan fingerprint density at radius 3 is 2.47 bits per heavy atom. The Morgan fingerprint density at radius 2 is 1.89 bits per heavy atom. The lowest BCUT2D eigenvalue weighted by molar-refractivity contribution is 0.398. The highest BCUT2D eigenvalue weighted by atomic mass is 19.2. The Labute approximate surface area is 110 Å². The first-order valence-corrected chi connectivity index (χ1v) is 5.66. The van der Waals surface area contributed by atoms with E-state index in [9.17, 15) is 8.63 Å². The van der Waals surface area contributed by atoms with E-state index in [2.05, 4.69) is 14.6 Å². The molecule has 0 fully saturated rings. The van der Waals surface area contributed by atoms with Gasteiger partial charge in [0.2, 0.25) is 0 Å². The third-order valence-electron chi connectivity index (χ3n) is 2.35. The zero-order valence-electron chi connectivity index (χ0n) is 10.3. The van der Waals surface area contributed by atoms with Gasteiger partial charge in [-0.1, -0.05) is 30.3 Å². The van der Waals surface area contributed by atoms with Crippen LogP contribution in [0.4, 0.5) is 8.63 Å². The van der Waals surface area contributed by atoms with Crippen molar-refractivity contribution in [2.75, 3.05) is 0 Å². The van der Waals surface area contributed by atoms with Gasteiger partial charge in [-0.25, -0.2) is 8.63 Å². The van der Waals surface area contributed by atoms with Crippen molar-refractivity contribution in [2.24, 2.45) is 0 Å². The van der Waals surface area contributed by atoms with E-state index in [1.165, 1.54) is 12.3 Å². The van der Waals surface area contributed by atoms with Crippen molar-refractivity contribution in [1.82, 2.24) is 9.97 Å². The van der Waals surface area contributed by atoms with Crippen molar-refractivity contribution in [1.29, 1.82) is 0 Å². The molecule has 0 aliphatic carbocycles. The van der Waals surface area contributed by atoms with Gasteiger partial charge in [-0.05, 0) is 6.92 Å². The summed E-state index contributed by atoms with van der Waals surface area (Å²) in [5, 5.41) is 0. The molecule has 19 heavy (non-hydrogen) atoms. The Hall–Kier alpha value is -2.24. The van der Waals surface area contributed by atoms with Crippen molar-refractivity contribution in [3.63, 3.8) is 0 Å². The number of nitrogens with zero attached hydrogens (tertiary/aromatic N) is 2. The van der Waals surface area contributed by atoms with Gasteiger partial charge in [-0.15, -0.1) is 0 Å². The average molecular weight is 260 g/mol. The Kier molecular flexibility index (Phi) is 4.23. The summed E-state index contributed by atoms with van der Waals surface area (Å²) in [4.78, 5) is 8.14. The van der Waals surface area contributed by atoms with E-state index in [1.54, 1.807) is 43.5 Å². The van der Waals surface area contributed by atoms with Crippen LogP contribution in [0.5, 0.6) is 0 Å². The number of hydrogen-bond acceptors (Lipinski definition) is 3. The molecule has 2 aromatic rings. The van der Waals surface area contributed by atoms with Crippen molar-refractivity contribution in [3.05, 3.63) is 59.7 Å². The molecule has 0 aliphatic rings. The fourth-order valence-electron chi connectivity index (χ4n) is 1.50. The van der Waals surface area contributed by atoms with Crippen molar-refractivity contribution >= 4 is 19.3 Å². The molecular formula is C13H11BF2N2O. The van der Waals surface area contributed by atoms with Crippen LogP contribution in [0.3, 0.4) is 0 Å². The zero-order valence-corrected chi connectivity index (χ0v) is 10.3.